The summed E-state index contributed by atoms with van der Waals surface area (Å²) in [6.45, 7) is 0.177. The van der Waals surface area contributed by atoms with Crippen LogP contribution in [0.2, 0.25) is 0 Å². The Hall–Kier alpha value is -1.50. The van der Waals surface area contributed by atoms with Gasteiger partial charge in [0.1, 0.15) is 0 Å². The Morgan fingerprint density at radius 1 is 1.04 bits per heavy atom. The van der Waals surface area contributed by atoms with E-state index in [-0.39, 0.29) is 19.0 Å². The lowest BCUT2D eigenvalue weighted by Crippen LogP contribution is -2.54. The second kappa shape index (κ2) is 12.8. The van der Waals surface area contributed by atoms with E-state index in [0.29, 0.717) is 12.0 Å². The summed E-state index contributed by atoms with van der Waals surface area (Å²) in [5.41, 5.74) is 0.625. The van der Waals surface area contributed by atoms with E-state index in [4.69, 9.17) is 0 Å². The van der Waals surface area contributed by atoms with Crippen LogP contribution in [0, 0.1) is 0 Å². The molecule has 0 heterocycles. The van der Waals surface area contributed by atoms with E-state index in [9.17, 15) is 24.5 Å². The van der Waals surface area contributed by atoms with Crippen LogP contribution >= 0.6 is 0 Å². The van der Waals surface area contributed by atoms with E-state index in [1.54, 1.807) is 0 Å². The van der Waals surface area contributed by atoms with Crippen molar-refractivity contribution in [3.63, 3.8) is 0 Å². The summed E-state index contributed by atoms with van der Waals surface area (Å²) in [5, 5.41) is 32.1. The van der Waals surface area contributed by atoms with Crippen molar-refractivity contribution in [1.82, 2.24) is 5.32 Å². The van der Waals surface area contributed by atoms with Crippen LogP contribution in [0.4, 0.5) is 4.39 Å². The Morgan fingerprint density at radius 2 is 1.59 bits per heavy atom. The second-order valence-electron chi connectivity index (χ2n) is 7.30. The fourth-order valence-electron chi connectivity index (χ4n) is 3.21. The third-order valence-corrected chi connectivity index (χ3v) is 4.84. The first kappa shape index (κ1) is 23.5. The predicted molar refractivity (Wildman–Crippen MR) is 104 cm³/mol. The van der Waals surface area contributed by atoms with Crippen LogP contribution < -0.4 is 5.32 Å². The number of halogens is 1. The molecule has 0 radical (unpaired) electrons. The molecule has 1 aromatic carbocycles. The number of amides is 1. The van der Waals surface area contributed by atoms with Crippen molar-refractivity contribution >= 4 is 5.91 Å². The molecule has 0 aliphatic heterocycles. The van der Waals surface area contributed by atoms with Crippen LogP contribution in [0.1, 0.15) is 69.1 Å². The molecule has 5 nitrogen and oxygen atoms in total. The van der Waals surface area contributed by atoms with Gasteiger partial charge in [0, 0.05) is 13.3 Å². The highest BCUT2D eigenvalue weighted by molar-refractivity contribution is 5.73. The third-order valence-electron chi connectivity index (χ3n) is 4.84. The van der Waals surface area contributed by atoms with Gasteiger partial charge >= 0.3 is 0 Å². The summed E-state index contributed by atoms with van der Waals surface area (Å²) in [5.74, 6) is -0.370. The van der Waals surface area contributed by atoms with Gasteiger partial charge in [-0.2, -0.15) is 0 Å². The van der Waals surface area contributed by atoms with Gasteiger partial charge in [0.2, 0.25) is 5.91 Å². The standard InChI is InChI=1S/C21H34FNO4/c1-17(26)23-21(15-24,16-25)14-20(27)19-11-9-18(10-12-19)8-6-4-2-3-5-7-13-22/h9-12,20,24-25,27H,2-8,13-16H2,1H3,(H,23,26). The zero-order valence-electron chi connectivity index (χ0n) is 16.3. The molecule has 0 saturated heterocycles. The number of hydrogen-bond donors (Lipinski definition) is 4. The van der Waals surface area contributed by atoms with Crippen LogP contribution in [0.3, 0.4) is 0 Å². The fraction of sp³-hybridized carbons (Fsp3) is 0.667. The molecule has 1 atom stereocenters. The van der Waals surface area contributed by atoms with Crippen LogP contribution in [0.25, 0.3) is 0 Å². The van der Waals surface area contributed by atoms with Crippen LogP contribution in [0.15, 0.2) is 24.3 Å². The van der Waals surface area contributed by atoms with E-state index in [0.717, 1.165) is 38.5 Å². The number of alkyl halides is 1. The van der Waals surface area contributed by atoms with E-state index < -0.39 is 24.9 Å². The minimum absolute atomic E-state index is 0.0256. The van der Waals surface area contributed by atoms with Gasteiger partial charge in [0.05, 0.1) is 31.5 Å². The van der Waals surface area contributed by atoms with E-state index in [1.165, 1.54) is 12.5 Å². The van der Waals surface area contributed by atoms with Crippen molar-refractivity contribution in [3.8, 4) is 0 Å². The quantitative estimate of drug-likeness (QED) is 0.372. The fourth-order valence-corrected chi connectivity index (χ4v) is 3.21. The first-order valence-electron chi connectivity index (χ1n) is 9.79. The Kier molecular flexibility index (Phi) is 11.2. The van der Waals surface area contributed by atoms with Crippen molar-refractivity contribution in [2.24, 2.45) is 0 Å². The molecule has 1 rings (SSSR count). The number of aryl methyl sites for hydroxylation is 1. The lowest BCUT2D eigenvalue weighted by atomic mass is 9.90. The predicted octanol–water partition coefficient (Wildman–Crippen LogP) is 2.82. The molecule has 6 heteroatoms. The van der Waals surface area contributed by atoms with Gasteiger partial charge in [-0.05, 0) is 30.4 Å². The minimum atomic E-state index is -1.24. The lowest BCUT2D eigenvalue weighted by Gasteiger charge is -2.32. The summed E-state index contributed by atoms with van der Waals surface area (Å²) in [7, 11) is 0. The summed E-state index contributed by atoms with van der Waals surface area (Å²) < 4.78 is 12.0. The number of hydrogen-bond acceptors (Lipinski definition) is 4. The molecule has 0 aliphatic rings. The SMILES string of the molecule is CC(=O)NC(CO)(CO)CC(O)c1ccc(CCCCCCCCF)cc1. The number of rotatable bonds is 14. The van der Waals surface area contributed by atoms with E-state index in [1.807, 2.05) is 24.3 Å². The summed E-state index contributed by atoms with van der Waals surface area (Å²) in [6.07, 6.45) is 6.14. The number of carbonyl (C=O) groups excluding carboxylic acids is 1. The zero-order chi connectivity index (χ0) is 20.1. The van der Waals surface area contributed by atoms with Crippen molar-refractivity contribution in [3.05, 3.63) is 35.4 Å². The average molecular weight is 384 g/mol. The molecule has 1 unspecified atom stereocenters. The largest absolute Gasteiger partial charge is 0.394 e. The van der Waals surface area contributed by atoms with Crippen LogP contribution in [-0.2, 0) is 11.2 Å². The molecule has 154 valence electrons. The lowest BCUT2D eigenvalue weighted by molar-refractivity contribution is -0.122. The Labute approximate surface area is 161 Å². The number of aliphatic hydroxyl groups is 3. The van der Waals surface area contributed by atoms with Crippen molar-refractivity contribution in [2.45, 2.75) is 69.9 Å². The highest BCUT2D eigenvalue weighted by Gasteiger charge is 2.32. The molecule has 0 aliphatic carbocycles. The maximum absolute atomic E-state index is 12.0. The number of nitrogens with one attached hydrogen (secondary N) is 1. The maximum Gasteiger partial charge on any atom is 0.217 e. The Morgan fingerprint density at radius 3 is 2.11 bits per heavy atom. The first-order chi connectivity index (χ1) is 13.0. The number of carbonyl (C=O) groups is 1. The number of benzene rings is 1. The van der Waals surface area contributed by atoms with Crippen molar-refractivity contribution in [2.75, 3.05) is 19.9 Å². The molecular weight excluding hydrogens is 349 g/mol. The second-order valence-corrected chi connectivity index (χ2v) is 7.30. The normalized spacial score (nSPS) is 12.8. The number of unbranched alkanes of at least 4 members (excludes halogenated alkanes) is 5. The monoisotopic (exact) mass is 383 g/mol. The molecule has 1 aromatic rings. The molecule has 27 heavy (non-hydrogen) atoms. The molecule has 4 N–H and O–H groups in total. The zero-order valence-corrected chi connectivity index (χ0v) is 16.3. The molecule has 1 amide bonds. The highest BCUT2D eigenvalue weighted by atomic mass is 19.1. The highest BCUT2D eigenvalue weighted by Crippen LogP contribution is 2.25. The molecule has 0 bridgehead atoms. The van der Waals surface area contributed by atoms with E-state index >= 15 is 0 Å². The van der Waals surface area contributed by atoms with Gasteiger partial charge in [0.15, 0.2) is 0 Å². The van der Waals surface area contributed by atoms with Gasteiger partial charge in [-0.3, -0.25) is 9.18 Å². The van der Waals surface area contributed by atoms with Crippen molar-refractivity contribution < 1.29 is 24.5 Å². The molecule has 0 aromatic heterocycles. The summed E-state index contributed by atoms with van der Waals surface area (Å²) in [4.78, 5) is 11.3. The smallest absolute Gasteiger partial charge is 0.217 e. The van der Waals surface area contributed by atoms with Crippen LogP contribution in [0.5, 0.6) is 0 Å². The topological polar surface area (TPSA) is 89.8 Å². The Balaban J connectivity index is 2.48. The van der Waals surface area contributed by atoms with Crippen molar-refractivity contribution in [1.29, 1.82) is 0 Å². The average Bonchev–Trinajstić information content (AvgIpc) is 2.66. The third kappa shape index (κ3) is 8.82. The van der Waals surface area contributed by atoms with Gasteiger partial charge < -0.3 is 20.6 Å². The van der Waals surface area contributed by atoms with Crippen LogP contribution in [-0.4, -0.2) is 46.7 Å². The maximum atomic E-state index is 12.0. The van der Waals surface area contributed by atoms with Gasteiger partial charge in [0.25, 0.3) is 0 Å². The molecule has 0 fully saturated rings. The number of aliphatic hydroxyl groups excluding tert-OH is 3. The molecular formula is C21H34FNO4. The van der Waals surface area contributed by atoms with E-state index in [2.05, 4.69) is 5.32 Å². The van der Waals surface area contributed by atoms with Gasteiger partial charge in [-0.1, -0.05) is 49.9 Å². The van der Waals surface area contributed by atoms with Gasteiger partial charge in [-0.15, -0.1) is 0 Å². The minimum Gasteiger partial charge on any atom is -0.394 e. The summed E-state index contributed by atoms with van der Waals surface area (Å²) in [6, 6.07) is 7.63. The molecule has 0 spiro atoms. The van der Waals surface area contributed by atoms with Gasteiger partial charge in [-0.25, -0.2) is 0 Å². The first-order valence-corrected chi connectivity index (χ1v) is 9.79. The molecule has 0 saturated carbocycles. The summed E-state index contributed by atoms with van der Waals surface area (Å²) >= 11 is 0. The Bertz CT molecular complexity index is 531.